The molecule has 104 valence electrons. The van der Waals surface area contributed by atoms with E-state index in [-0.39, 0.29) is 5.56 Å². The molecule has 0 amide bonds. The Hall–Kier alpha value is -1.72. The van der Waals surface area contributed by atoms with E-state index in [2.05, 4.69) is 35.1 Å². The van der Waals surface area contributed by atoms with Crippen molar-refractivity contribution in [2.75, 3.05) is 14.1 Å². The molecule has 0 saturated heterocycles. The number of nitrogens with zero attached hydrogens (tertiary/aromatic N) is 2. The number of fused-ring (bicyclic) bond motifs is 3. The molecular weight excluding hydrogens is 270 g/mol. The maximum absolute atomic E-state index is 12.2. The van der Waals surface area contributed by atoms with Gasteiger partial charge in [0.25, 0.3) is 5.56 Å². The van der Waals surface area contributed by atoms with Crippen molar-refractivity contribution >= 4 is 31.6 Å². The molecule has 0 fully saturated rings. The first-order valence-corrected chi connectivity index (χ1v) is 7.49. The van der Waals surface area contributed by atoms with Crippen LogP contribution in [0.2, 0.25) is 0 Å². The third kappa shape index (κ3) is 2.23. The summed E-state index contributed by atoms with van der Waals surface area (Å²) in [6.07, 6.45) is 0.987. The van der Waals surface area contributed by atoms with Crippen molar-refractivity contribution in [1.29, 1.82) is 0 Å². The Morgan fingerprint density at radius 3 is 2.85 bits per heavy atom. The van der Waals surface area contributed by atoms with Crippen LogP contribution in [0.3, 0.4) is 0 Å². The van der Waals surface area contributed by atoms with Crippen molar-refractivity contribution in [2.45, 2.75) is 19.9 Å². The molecule has 2 heterocycles. The van der Waals surface area contributed by atoms with E-state index in [0.29, 0.717) is 12.4 Å². The monoisotopic (exact) mass is 287 g/mol. The summed E-state index contributed by atoms with van der Waals surface area (Å²) in [4.78, 5) is 21.7. The molecular formula is C15H17N3OS. The summed E-state index contributed by atoms with van der Waals surface area (Å²) in [5.41, 5.74) is 2.07. The van der Waals surface area contributed by atoms with Crippen LogP contribution in [0.15, 0.2) is 23.0 Å². The lowest BCUT2D eigenvalue weighted by molar-refractivity contribution is 0.390. The second-order valence-corrected chi connectivity index (χ2v) is 6.27. The van der Waals surface area contributed by atoms with Crippen molar-refractivity contribution in [1.82, 2.24) is 14.9 Å². The maximum Gasteiger partial charge on any atom is 0.268 e. The van der Waals surface area contributed by atoms with E-state index in [9.17, 15) is 4.79 Å². The van der Waals surface area contributed by atoms with Gasteiger partial charge in [-0.15, -0.1) is 11.3 Å². The molecule has 3 rings (SSSR count). The van der Waals surface area contributed by atoms with Crippen LogP contribution in [0.25, 0.3) is 20.3 Å². The zero-order valence-electron chi connectivity index (χ0n) is 11.9. The number of rotatable bonds is 3. The van der Waals surface area contributed by atoms with Gasteiger partial charge < -0.3 is 9.88 Å². The molecule has 0 radical (unpaired) electrons. The minimum atomic E-state index is -0.0360. The first-order chi connectivity index (χ1) is 9.58. The highest BCUT2D eigenvalue weighted by atomic mass is 32.1. The summed E-state index contributed by atoms with van der Waals surface area (Å²) in [6.45, 7) is 2.77. The van der Waals surface area contributed by atoms with Gasteiger partial charge in [-0.05, 0) is 38.2 Å². The lowest BCUT2D eigenvalue weighted by atomic mass is 10.1. The van der Waals surface area contributed by atoms with Gasteiger partial charge in [-0.2, -0.15) is 0 Å². The third-order valence-electron chi connectivity index (χ3n) is 3.31. The van der Waals surface area contributed by atoms with Crippen LogP contribution in [-0.2, 0) is 13.0 Å². The molecule has 0 aliphatic rings. The van der Waals surface area contributed by atoms with E-state index < -0.39 is 0 Å². The number of aromatic nitrogens is 2. The highest BCUT2D eigenvalue weighted by Crippen LogP contribution is 2.31. The highest BCUT2D eigenvalue weighted by molar-refractivity contribution is 7.25. The lowest BCUT2D eigenvalue weighted by Gasteiger charge is -2.08. The Balaban J connectivity index is 2.31. The normalized spacial score (nSPS) is 11.8. The summed E-state index contributed by atoms with van der Waals surface area (Å²) >= 11 is 1.52. The Labute approximate surface area is 121 Å². The maximum atomic E-state index is 12.2. The number of benzene rings is 1. The Morgan fingerprint density at radius 1 is 1.35 bits per heavy atom. The van der Waals surface area contributed by atoms with Gasteiger partial charge in [-0.25, -0.2) is 4.98 Å². The molecule has 2 aromatic heterocycles. The fourth-order valence-electron chi connectivity index (χ4n) is 2.34. The van der Waals surface area contributed by atoms with Crippen LogP contribution in [0, 0.1) is 0 Å². The smallest absolute Gasteiger partial charge is 0.268 e. The fraction of sp³-hybridized carbons (Fsp3) is 0.333. The summed E-state index contributed by atoms with van der Waals surface area (Å²) in [5.74, 6) is 0.717. The van der Waals surface area contributed by atoms with E-state index >= 15 is 0 Å². The molecule has 0 spiro atoms. The van der Waals surface area contributed by atoms with E-state index in [1.807, 2.05) is 19.0 Å². The second kappa shape index (κ2) is 5.00. The Morgan fingerprint density at radius 2 is 2.15 bits per heavy atom. The van der Waals surface area contributed by atoms with Crippen molar-refractivity contribution in [2.24, 2.45) is 0 Å². The number of hydrogen-bond acceptors (Lipinski definition) is 4. The van der Waals surface area contributed by atoms with Crippen LogP contribution in [0.1, 0.15) is 18.3 Å². The van der Waals surface area contributed by atoms with Crippen LogP contribution < -0.4 is 5.56 Å². The van der Waals surface area contributed by atoms with Crippen LogP contribution in [0.4, 0.5) is 0 Å². The van der Waals surface area contributed by atoms with Crippen molar-refractivity contribution < 1.29 is 0 Å². The average Bonchev–Trinajstić information content (AvgIpc) is 2.76. The summed E-state index contributed by atoms with van der Waals surface area (Å²) < 4.78 is 1.84. The molecule has 0 bridgehead atoms. The van der Waals surface area contributed by atoms with Gasteiger partial charge in [0.1, 0.15) is 10.5 Å². The summed E-state index contributed by atoms with van der Waals surface area (Å²) in [5, 5.41) is 1.09. The lowest BCUT2D eigenvalue weighted by Crippen LogP contribution is -2.17. The van der Waals surface area contributed by atoms with Crippen molar-refractivity contribution in [3.63, 3.8) is 0 Å². The minimum absolute atomic E-state index is 0.0360. The molecule has 3 aromatic rings. The zero-order valence-corrected chi connectivity index (χ0v) is 12.7. The molecule has 0 aliphatic carbocycles. The highest BCUT2D eigenvalue weighted by Gasteiger charge is 2.12. The van der Waals surface area contributed by atoms with E-state index in [4.69, 9.17) is 0 Å². The molecule has 0 saturated carbocycles. The van der Waals surface area contributed by atoms with Crippen LogP contribution in [-0.4, -0.2) is 29.0 Å². The number of aromatic amines is 1. The number of nitrogens with one attached hydrogen (secondary N) is 1. The standard InChI is InChI=1S/C15H17N3OS/c1-4-9-5-6-11-10(7-9)13-14(20-11)15(19)17-12(16-13)8-18(2)3/h5-7H,4,8H2,1-3H3,(H,16,17,19). The van der Waals surface area contributed by atoms with E-state index in [0.717, 1.165) is 26.7 Å². The summed E-state index contributed by atoms with van der Waals surface area (Å²) in [6, 6.07) is 6.36. The molecule has 0 aliphatic heterocycles. The van der Waals surface area contributed by atoms with Crippen LogP contribution in [0.5, 0.6) is 0 Å². The van der Waals surface area contributed by atoms with Gasteiger partial charge >= 0.3 is 0 Å². The molecule has 5 heteroatoms. The number of aryl methyl sites for hydroxylation is 1. The predicted octanol–water partition coefficient (Wildman–Crippen LogP) is 2.76. The van der Waals surface area contributed by atoms with E-state index in [1.54, 1.807) is 0 Å². The third-order valence-corrected chi connectivity index (χ3v) is 4.47. The number of thiophene rings is 1. The topological polar surface area (TPSA) is 49.0 Å². The summed E-state index contributed by atoms with van der Waals surface area (Å²) in [7, 11) is 3.93. The van der Waals surface area contributed by atoms with Gasteiger partial charge in [-0.3, -0.25) is 4.79 Å². The molecule has 1 N–H and O–H groups in total. The Kier molecular flexibility index (Phi) is 3.31. The molecule has 20 heavy (non-hydrogen) atoms. The predicted molar refractivity (Wildman–Crippen MR) is 84.5 cm³/mol. The molecule has 0 atom stereocenters. The SMILES string of the molecule is CCc1ccc2sc3c(=O)[nH]c(CN(C)C)nc3c2c1. The molecule has 4 nitrogen and oxygen atoms in total. The van der Waals surface area contributed by atoms with Crippen molar-refractivity contribution in [3.05, 3.63) is 39.9 Å². The van der Waals surface area contributed by atoms with Gasteiger partial charge in [0.2, 0.25) is 0 Å². The van der Waals surface area contributed by atoms with Gasteiger partial charge in [-0.1, -0.05) is 13.0 Å². The number of H-pyrrole nitrogens is 1. The van der Waals surface area contributed by atoms with Crippen LogP contribution >= 0.6 is 11.3 Å². The Bertz CT molecular complexity index is 832. The van der Waals surface area contributed by atoms with Gasteiger partial charge in [0, 0.05) is 10.1 Å². The van der Waals surface area contributed by atoms with Gasteiger partial charge in [0.05, 0.1) is 12.1 Å². The van der Waals surface area contributed by atoms with E-state index in [1.165, 1.54) is 16.9 Å². The fourth-order valence-corrected chi connectivity index (χ4v) is 3.36. The number of hydrogen-bond donors (Lipinski definition) is 1. The minimum Gasteiger partial charge on any atom is -0.308 e. The average molecular weight is 287 g/mol. The van der Waals surface area contributed by atoms with Crippen molar-refractivity contribution in [3.8, 4) is 0 Å². The second-order valence-electron chi connectivity index (χ2n) is 5.21. The largest absolute Gasteiger partial charge is 0.308 e. The molecule has 1 aromatic carbocycles. The zero-order chi connectivity index (χ0) is 14.3. The first-order valence-electron chi connectivity index (χ1n) is 6.67. The quantitative estimate of drug-likeness (QED) is 0.806. The molecule has 0 unspecified atom stereocenters. The van der Waals surface area contributed by atoms with Gasteiger partial charge in [0.15, 0.2) is 0 Å². The first kappa shape index (κ1) is 13.3.